The van der Waals surface area contributed by atoms with Gasteiger partial charge in [-0.2, -0.15) is 0 Å². The van der Waals surface area contributed by atoms with Crippen molar-refractivity contribution in [2.24, 2.45) is 0 Å². The Bertz CT molecular complexity index is 560. The minimum Gasteiger partial charge on any atom is -0.397 e. The van der Waals surface area contributed by atoms with Gasteiger partial charge in [0.2, 0.25) is 0 Å². The zero-order valence-electron chi connectivity index (χ0n) is 10.3. The summed E-state index contributed by atoms with van der Waals surface area (Å²) in [7, 11) is 0. The molecule has 0 atom stereocenters. The largest absolute Gasteiger partial charge is 0.397 e. The third-order valence-corrected chi connectivity index (χ3v) is 4.37. The molecule has 2 heterocycles. The molecule has 0 bridgehead atoms. The average Bonchev–Trinajstić information content (AvgIpc) is 3.02. The van der Waals surface area contributed by atoms with Crippen molar-refractivity contribution in [2.45, 2.75) is 6.54 Å². The number of thiophene rings is 2. The second-order valence-electron chi connectivity index (χ2n) is 3.83. The second kappa shape index (κ2) is 6.40. The van der Waals surface area contributed by atoms with Crippen LogP contribution in [-0.4, -0.2) is 12.5 Å². The van der Waals surface area contributed by atoms with Crippen LogP contribution in [-0.2, 0) is 6.54 Å². The molecular weight excluding hydrogens is 278 g/mol. The SMILES string of the molecule is C=CCNC(=O)c1sc(NCc2cccs2)cc1N. The number of hydrogen-bond donors (Lipinski definition) is 3. The lowest BCUT2D eigenvalue weighted by molar-refractivity contribution is 0.0963. The number of amides is 1. The van der Waals surface area contributed by atoms with Gasteiger partial charge in [-0.05, 0) is 17.5 Å². The quantitative estimate of drug-likeness (QED) is 0.717. The number of nitrogens with two attached hydrogens (primary N) is 1. The Hall–Kier alpha value is -1.79. The molecule has 100 valence electrons. The first-order valence-corrected chi connectivity index (χ1v) is 7.45. The van der Waals surface area contributed by atoms with Crippen molar-refractivity contribution in [2.75, 3.05) is 17.6 Å². The Morgan fingerprint density at radius 2 is 2.37 bits per heavy atom. The fourth-order valence-electron chi connectivity index (χ4n) is 1.50. The lowest BCUT2D eigenvalue weighted by atomic mass is 10.3. The first-order valence-electron chi connectivity index (χ1n) is 5.75. The van der Waals surface area contributed by atoms with Crippen molar-refractivity contribution in [1.29, 1.82) is 0 Å². The summed E-state index contributed by atoms with van der Waals surface area (Å²) in [6.45, 7) is 4.74. The molecule has 0 aliphatic rings. The van der Waals surface area contributed by atoms with Gasteiger partial charge in [0.05, 0.1) is 17.2 Å². The normalized spacial score (nSPS) is 10.1. The number of anilines is 2. The predicted octanol–water partition coefficient (Wildman–Crippen LogP) is 2.92. The van der Waals surface area contributed by atoms with E-state index in [9.17, 15) is 4.79 Å². The zero-order chi connectivity index (χ0) is 13.7. The Morgan fingerprint density at radius 1 is 1.53 bits per heavy atom. The average molecular weight is 293 g/mol. The highest BCUT2D eigenvalue weighted by molar-refractivity contribution is 7.18. The van der Waals surface area contributed by atoms with Gasteiger partial charge in [0.1, 0.15) is 4.88 Å². The molecular formula is C13H15N3OS2. The van der Waals surface area contributed by atoms with Crippen LogP contribution in [0.4, 0.5) is 10.7 Å². The number of rotatable bonds is 6. The molecule has 2 aromatic heterocycles. The van der Waals surface area contributed by atoms with Crippen molar-refractivity contribution < 1.29 is 4.79 Å². The smallest absolute Gasteiger partial charge is 0.263 e. The topological polar surface area (TPSA) is 67.2 Å². The molecule has 0 radical (unpaired) electrons. The molecule has 0 spiro atoms. The molecule has 2 aromatic rings. The second-order valence-corrected chi connectivity index (χ2v) is 5.91. The lowest BCUT2D eigenvalue weighted by Crippen LogP contribution is -2.22. The number of nitrogens with one attached hydrogen (secondary N) is 2. The van der Waals surface area contributed by atoms with Crippen molar-refractivity contribution in [3.8, 4) is 0 Å². The molecule has 6 heteroatoms. The summed E-state index contributed by atoms with van der Waals surface area (Å²) in [6, 6.07) is 5.87. The van der Waals surface area contributed by atoms with Crippen LogP contribution in [0.25, 0.3) is 0 Å². The molecule has 1 amide bonds. The maximum atomic E-state index is 11.8. The van der Waals surface area contributed by atoms with E-state index in [1.807, 2.05) is 11.4 Å². The van der Waals surface area contributed by atoms with E-state index in [0.29, 0.717) is 17.1 Å². The van der Waals surface area contributed by atoms with Gasteiger partial charge in [-0.3, -0.25) is 4.79 Å². The van der Waals surface area contributed by atoms with Gasteiger partial charge in [-0.15, -0.1) is 29.3 Å². The molecule has 0 aromatic carbocycles. The fourth-order valence-corrected chi connectivity index (χ4v) is 3.04. The summed E-state index contributed by atoms with van der Waals surface area (Å²) in [5, 5.41) is 8.92. The molecule has 19 heavy (non-hydrogen) atoms. The van der Waals surface area contributed by atoms with Crippen LogP contribution in [0.1, 0.15) is 14.5 Å². The molecule has 4 N–H and O–H groups in total. The van der Waals surface area contributed by atoms with Crippen LogP contribution in [0, 0.1) is 0 Å². The number of carbonyl (C=O) groups excluding carboxylic acids is 1. The van der Waals surface area contributed by atoms with Gasteiger partial charge in [0.15, 0.2) is 0 Å². The standard InChI is InChI=1S/C13H15N3OS2/c1-2-5-15-13(17)12-10(14)7-11(19-12)16-8-9-4-3-6-18-9/h2-4,6-7,16H,1,5,8,14H2,(H,15,17). The van der Waals surface area contributed by atoms with E-state index in [4.69, 9.17) is 5.73 Å². The third-order valence-electron chi connectivity index (χ3n) is 2.39. The van der Waals surface area contributed by atoms with Gasteiger partial charge in [0, 0.05) is 11.4 Å². The molecule has 0 saturated carbocycles. The molecule has 0 fully saturated rings. The highest BCUT2D eigenvalue weighted by Crippen LogP contribution is 2.29. The third kappa shape index (κ3) is 3.59. The van der Waals surface area contributed by atoms with Crippen molar-refractivity contribution in [1.82, 2.24) is 5.32 Å². The van der Waals surface area contributed by atoms with Crippen molar-refractivity contribution in [3.63, 3.8) is 0 Å². The molecule has 0 unspecified atom stereocenters. The fraction of sp³-hybridized carbons (Fsp3) is 0.154. The Morgan fingerprint density at radius 3 is 3.05 bits per heavy atom. The monoisotopic (exact) mass is 293 g/mol. The van der Waals surface area contributed by atoms with Crippen molar-refractivity contribution in [3.05, 3.63) is 46.0 Å². The molecule has 4 nitrogen and oxygen atoms in total. The molecule has 0 saturated heterocycles. The van der Waals surface area contributed by atoms with Crippen LogP contribution < -0.4 is 16.4 Å². The van der Waals surface area contributed by atoms with Gasteiger partial charge in [0.25, 0.3) is 5.91 Å². The summed E-state index contributed by atoms with van der Waals surface area (Å²) in [5.74, 6) is -0.161. The molecule has 2 rings (SSSR count). The minimum absolute atomic E-state index is 0.161. The van der Waals surface area contributed by atoms with E-state index in [1.165, 1.54) is 16.2 Å². The van der Waals surface area contributed by atoms with E-state index in [2.05, 4.69) is 23.3 Å². The maximum absolute atomic E-state index is 11.8. The Kier molecular flexibility index (Phi) is 4.59. The van der Waals surface area contributed by atoms with E-state index in [0.717, 1.165) is 11.5 Å². The number of hydrogen-bond acceptors (Lipinski definition) is 5. The van der Waals surface area contributed by atoms with E-state index >= 15 is 0 Å². The van der Waals surface area contributed by atoms with Gasteiger partial charge in [-0.1, -0.05) is 12.1 Å². The summed E-state index contributed by atoms with van der Waals surface area (Å²) < 4.78 is 0. The zero-order valence-corrected chi connectivity index (χ0v) is 11.9. The Labute approximate surface area is 120 Å². The van der Waals surface area contributed by atoms with Gasteiger partial charge >= 0.3 is 0 Å². The van der Waals surface area contributed by atoms with Crippen LogP contribution in [0.3, 0.4) is 0 Å². The summed E-state index contributed by atoms with van der Waals surface area (Å²) >= 11 is 3.05. The molecule has 0 aliphatic heterocycles. The minimum atomic E-state index is -0.161. The summed E-state index contributed by atoms with van der Waals surface area (Å²) in [6.07, 6.45) is 1.64. The van der Waals surface area contributed by atoms with Crippen LogP contribution in [0.2, 0.25) is 0 Å². The van der Waals surface area contributed by atoms with Crippen LogP contribution in [0.15, 0.2) is 36.2 Å². The number of carbonyl (C=O) groups is 1. The van der Waals surface area contributed by atoms with E-state index in [-0.39, 0.29) is 5.91 Å². The lowest BCUT2D eigenvalue weighted by Gasteiger charge is -2.00. The first-order chi connectivity index (χ1) is 9.20. The van der Waals surface area contributed by atoms with Crippen LogP contribution >= 0.6 is 22.7 Å². The first kappa shape index (κ1) is 13.6. The van der Waals surface area contributed by atoms with E-state index < -0.39 is 0 Å². The number of nitrogen functional groups attached to an aromatic ring is 1. The highest BCUT2D eigenvalue weighted by Gasteiger charge is 2.13. The predicted molar refractivity (Wildman–Crippen MR) is 82.9 cm³/mol. The maximum Gasteiger partial charge on any atom is 0.263 e. The highest BCUT2D eigenvalue weighted by atomic mass is 32.1. The van der Waals surface area contributed by atoms with E-state index in [1.54, 1.807) is 23.5 Å². The van der Waals surface area contributed by atoms with Gasteiger partial charge < -0.3 is 16.4 Å². The summed E-state index contributed by atoms with van der Waals surface area (Å²) in [4.78, 5) is 13.6. The van der Waals surface area contributed by atoms with Crippen LogP contribution in [0.5, 0.6) is 0 Å². The summed E-state index contributed by atoms with van der Waals surface area (Å²) in [5.41, 5.74) is 6.35. The van der Waals surface area contributed by atoms with Crippen molar-refractivity contribution >= 4 is 39.3 Å². The molecule has 0 aliphatic carbocycles. The van der Waals surface area contributed by atoms with Gasteiger partial charge in [-0.25, -0.2) is 0 Å². The Balaban J connectivity index is 1.99.